The molecule has 0 aliphatic heterocycles. The Balaban J connectivity index is 2.05. The summed E-state index contributed by atoms with van der Waals surface area (Å²) in [6.45, 7) is 3.52. The molecule has 2 aromatic rings. The maximum Gasteiger partial charge on any atom is 0.272 e. The molecule has 1 heterocycles. The van der Waals surface area contributed by atoms with Crippen LogP contribution in [0.15, 0.2) is 48.5 Å². The predicted octanol–water partition coefficient (Wildman–Crippen LogP) is 3.18. The molecular weight excluding hydrogens is 262 g/mol. The first-order valence-corrected chi connectivity index (χ1v) is 7.21. The van der Waals surface area contributed by atoms with Gasteiger partial charge in [0, 0.05) is 20.1 Å². The van der Waals surface area contributed by atoms with Crippen molar-refractivity contribution >= 4 is 11.7 Å². The lowest BCUT2D eigenvalue weighted by Gasteiger charge is -2.17. The summed E-state index contributed by atoms with van der Waals surface area (Å²) < 4.78 is 0. The minimum Gasteiger partial charge on any atom is -0.370 e. The Bertz CT molecular complexity index is 584. The second-order valence-corrected chi connectivity index (χ2v) is 4.98. The third kappa shape index (κ3) is 4.31. The molecule has 21 heavy (non-hydrogen) atoms. The van der Waals surface area contributed by atoms with Crippen molar-refractivity contribution in [3.05, 3.63) is 59.8 Å². The second-order valence-electron chi connectivity index (χ2n) is 4.98. The molecule has 0 atom stereocenters. The third-order valence-corrected chi connectivity index (χ3v) is 3.13. The molecule has 0 aliphatic carbocycles. The fraction of sp³-hybridized carbons (Fsp3) is 0.294. The highest BCUT2D eigenvalue weighted by molar-refractivity contribution is 5.92. The molecule has 0 saturated heterocycles. The molecule has 0 fully saturated rings. The first-order valence-electron chi connectivity index (χ1n) is 7.21. The number of anilines is 1. The highest BCUT2D eigenvalue weighted by atomic mass is 16.2. The minimum absolute atomic E-state index is 0.0704. The van der Waals surface area contributed by atoms with Gasteiger partial charge in [-0.25, -0.2) is 4.98 Å². The second kappa shape index (κ2) is 7.43. The van der Waals surface area contributed by atoms with Crippen molar-refractivity contribution in [1.82, 2.24) is 9.88 Å². The molecule has 0 aliphatic rings. The van der Waals surface area contributed by atoms with Gasteiger partial charge >= 0.3 is 0 Å². The van der Waals surface area contributed by atoms with E-state index in [1.807, 2.05) is 42.5 Å². The van der Waals surface area contributed by atoms with Crippen LogP contribution in [0.5, 0.6) is 0 Å². The van der Waals surface area contributed by atoms with Crippen LogP contribution in [0.1, 0.15) is 29.4 Å². The number of nitrogens with zero attached hydrogens (tertiary/aromatic N) is 2. The lowest BCUT2D eigenvalue weighted by molar-refractivity contribution is 0.0779. The Labute approximate surface area is 125 Å². The van der Waals surface area contributed by atoms with Gasteiger partial charge in [0.1, 0.15) is 11.5 Å². The van der Waals surface area contributed by atoms with Gasteiger partial charge in [-0.1, -0.05) is 43.3 Å². The van der Waals surface area contributed by atoms with Crippen molar-refractivity contribution < 1.29 is 4.79 Å². The number of benzene rings is 1. The van der Waals surface area contributed by atoms with E-state index in [-0.39, 0.29) is 5.91 Å². The van der Waals surface area contributed by atoms with E-state index in [2.05, 4.69) is 17.2 Å². The van der Waals surface area contributed by atoms with Gasteiger partial charge in [-0.3, -0.25) is 4.79 Å². The highest BCUT2D eigenvalue weighted by Crippen LogP contribution is 2.09. The van der Waals surface area contributed by atoms with Crippen LogP contribution in [0.3, 0.4) is 0 Å². The molecule has 110 valence electrons. The molecule has 4 nitrogen and oxygen atoms in total. The van der Waals surface area contributed by atoms with E-state index in [4.69, 9.17) is 0 Å². The fourth-order valence-corrected chi connectivity index (χ4v) is 2.03. The van der Waals surface area contributed by atoms with Gasteiger partial charge in [0.25, 0.3) is 5.91 Å². The minimum atomic E-state index is -0.0704. The lowest BCUT2D eigenvalue weighted by atomic mass is 10.2. The molecule has 0 spiro atoms. The molecule has 0 radical (unpaired) electrons. The number of hydrogen-bond acceptors (Lipinski definition) is 3. The van der Waals surface area contributed by atoms with Crippen molar-refractivity contribution in [2.75, 3.05) is 18.9 Å². The molecule has 1 amide bonds. The molecular formula is C17H21N3O. The number of carbonyl (C=O) groups is 1. The normalized spacial score (nSPS) is 10.2. The lowest BCUT2D eigenvalue weighted by Crippen LogP contribution is -2.27. The summed E-state index contributed by atoms with van der Waals surface area (Å²) in [6, 6.07) is 15.4. The number of rotatable bonds is 6. The molecule has 1 aromatic heterocycles. The number of nitrogens with one attached hydrogen (secondary N) is 1. The Morgan fingerprint density at radius 1 is 1.14 bits per heavy atom. The van der Waals surface area contributed by atoms with Gasteiger partial charge in [-0.15, -0.1) is 0 Å². The van der Waals surface area contributed by atoms with E-state index in [1.165, 1.54) is 0 Å². The number of aromatic nitrogens is 1. The summed E-state index contributed by atoms with van der Waals surface area (Å²) in [5, 5.41) is 3.20. The molecule has 4 heteroatoms. The van der Waals surface area contributed by atoms with Crippen LogP contribution >= 0.6 is 0 Å². The summed E-state index contributed by atoms with van der Waals surface area (Å²) in [6.07, 6.45) is 1.02. The van der Waals surface area contributed by atoms with Crippen LogP contribution in [-0.4, -0.2) is 29.4 Å². The fourth-order valence-electron chi connectivity index (χ4n) is 2.03. The van der Waals surface area contributed by atoms with E-state index >= 15 is 0 Å². The topological polar surface area (TPSA) is 45.2 Å². The average molecular weight is 283 g/mol. The van der Waals surface area contributed by atoms with E-state index in [0.717, 1.165) is 24.3 Å². The Morgan fingerprint density at radius 3 is 2.62 bits per heavy atom. The van der Waals surface area contributed by atoms with Crippen molar-refractivity contribution in [2.45, 2.75) is 19.9 Å². The van der Waals surface area contributed by atoms with Crippen LogP contribution in [-0.2, 0) is 6.54 Å². The number of hydrogen-bond donors (Lipinski definition) is 1. The zero-order valence-corrected chi connectivity index (χ0v) is 12.5. The van der Waals surface area contributed by atoms with Gasteiger partial charge < -0.3 is 10.2 Å². The van der Waals surface area contributed by atoms with Crippen molar-refractivity contribution in [1.29, 1.82) is 0 Å². The van der Waals surface area contributed by atoms with Crippen LogP contribution in [0.4, 0.5) is 5.82 Å². The molecule has 2 rings (SSSR count). The van der Waals surface area contributed by atoms with Crippen LogP contribution in [0.25, 0.3) is 0 Å². The maximum atomic E-state index is 12.4. The summed E-state index contributed by atoms with van der Waals surface area (Å²) in [4.78, 5) is 18.5. The van der Waals surface area contributed by atoms with Crippen molar-refractivity contribution in [2.24, 2.45) is 0 Å². The zero-order valence-electron chi connectivity index (χ0n) is 12.5. The number of amides is 1. The summed E-state index contributed by atoms with van der Waals surface area (Å²) in [5.74, 6) is 0.676. The van der Waals surface area contributed by atoms with Gasteiger partial charge in [0.15, 0.2) is 0 Å². The van der Waals surface area contributed by atoms with Gasteiger partial charge in [-0.05, 0) is 24.1 Å². The van der Waals surface area contributed by atoms with Gasteiger partial charge in [0.05, 0.1) is 0 Å². The first kappa shape index (κ1) is 15.0. The Morgan fingerprint density at radius 2 is 1.90 bits per heavy atom. The smallest absolute Gasteiger partial charge is 0.272 e. The first-order chi connectivity index (χ1) is 10.2. The Hall–Kier alpha value is -2.36. The van der Waals surface area contributed by atoms with Gasteiger partial charge in [0.2, 0.25) is 0 Å². The molecule has 0 bridgehead atoms. The summed E-state index contributed by atoms with van der Waals surface area (Å²) in [7, 11) is 1.79. The van der Waals surface area contributed by atoms with Crippen molar-refractivity contribution in [3.8, 4) is 0 Å². The van der Waals surface area contributed by atoms with Crippen molar-refractivity contribution in [3.63, 3.8) is 0 Å². The molecule has 1 N–H and O–H groups in total. The highest BCUT2D eigenvalue weighted by Gasteiger charge is 2.13. The predicted molar refractivity (Wildman–Crippen MR) is 85.3 cm³/mol. The number of carbonyl (C=O) groups excluding carboxylic acids is 1. The standard InChI is InChI=1S/C17H21N3O/c1-3-12-18-16-11-7-10-15(19-16)17(21)20(2)13-14-8-5-4-6-9-14/h4-11H,3,12-13H2,1-2H3,(H,18,19). The van der Waals surface area contributed by atoms with Crippen LogP contribution in [0, 0.1) is 0 Å². The molecule has 0 unspecified atom stereocenters. The largest absolute Gasteiger partial charge is 0.370 e. The maximum absolute atomic E-state index is 12.4. The van der Waals surface area contributed by atoms with E-state index < -0.39 is 0 Å². The van der Waals surface area contributed by atoms with Crippen LogP contribution in [0.2, 0.25) is 0 Å². The molecule has 1 aromatic carbocycles. The molecule has 0 saturated carbocycles. The monoisotopic (exact) mass is 283 g/mol. The quantitative estimate of drug-likeness (QED) is 0.885. The zero-order chi connectivity index (χ0) is 15.1. The number of pyridine rings is 1. The third-order valence-electron chi connectivity index (χ3n) is 3.13. The summed E-state index contributed by atoms with van der Waals surface area (Å²) >= 11 is 0. The van der Waals surface area contributed by atoms with E-state index in [0.29, 0.717) is 12.2 Å². The van der Waals surface area contributed by atoms with E-state index in [9.17, 15) is 4.79 Å². The van der Waals surface area contributed by atoms with Crippen LogP contribution < -0.4 is 5.32 Å². The Kier molecular flexibility index (Phi) is 5.32. The SMILES string of the molecule is CCCNc1cccc(C(=O)N(C)Cc2ccccc2)n1. The summed E-state index contributed by atoms with van der Waals surface area (Å²) in [5.41, 5.74) is 1.57. The van der Waals surface area contributed by atoms with E-state index in [1.54, 1.807) is 18.0 Å². The van der Waals surface area contributed by atoms with Gasteiger partial charge in [-0.2, -0.15) is 0 Å². The average Bonchev–Trinajstić information content (AvgIpc) is 2.53.